The molecule has 0 N–H and O–H groups in total. The van der Waals surface area contributed by atoms with Gasteiger partial charge >= 0.3 is 5.97 Å². The lowest BCUT2D eigenvalue weighted by atomic mass is 10.1. The summed E-state index contributed by atoms with van der Waals surface area (Å²) in [4.78, 5) is 29.2. The maximum absolute atomic E-state index is 12.7. The molecule has 0 aliphatic carbocycles. The Kier molecular flexibility index (Phi) is 8.74. The summed E-state index contributed by atoms with van der Waals surface area (Å²) in [5, 5.41) is 5.17. The fourth-order valence-corrected chi connectivity index (χ4v) is 4.76. The van der Waals surface area contributed by atoms with Gasteiger partial charge < -0.3 is 24.0 Å². The summed E-state index contributed by atoms with van der Waals surface area (Å²) >= 11 is 5.90. The number of aromatic nitrogens is 2. The molecule has 212 valence electrons. The third-order valence-electron chi connectivity index (χ3n) is 6.85. The van der Waals surface area contributed by atoms with Crippen LogP contribution in [0.2, 0.25) is 5.02 Å². The van der Waals surface area contributed by atoms with Crippen molar-refractivity contribution in [3.8, 4) is 28.4 Å². The van der Waals surface area contributed by atoms with E-state index in [1.165, 1.54) is 0 Å². The molecule has 41 heavy (non-hydrogen) atoms. The van der Waals surface area contributed by atoms with Crippen molar-refractivity contribution in [3.05, 3.63) is 89.6 Å². The molecule has 10 heteroatoms. The van der Waals surface area contributed by atoms with Crippen molar-refractivity contribution in [1.29, 1.82) is 0 Å². The minimum absolute atomic E-state index is 0.00794. The first-order valence-corrected chi connectivity index (χ1v) is 13.8. The second-order valence-corrected chi connectivity index (χ2v) is 9.84. The van der Waals surface area contributed by atoms with Crippen LogP contribution in [0.4, 0.5) is 5.69 Å². The van der Waals surface area contributed by atoms with E-state index < -0.39 is 5.97 Å². The number of esters is 1. The van der Waals surface area contributed by atoms with Crippen LogP contribution in [0.15, 0.2) is 78.9 Å². The quantitative estimate of drug-likeness (QED) is 0.257. The molecule has 3 aromatic carbocycles. The normalized spacial score (nSPS) is 13.1. The van der Waals surface area contributed by atoms with E-state index in [0.717, 1.165) is 28.4 Å². The number of nitrogens with zero attached hydrogens (tertiary/aromatic N) is 4. The van der Waals surface area contributed by atoms with Crippen LogP contribution in [0.1, 0.15) is 17.4 Å². The van der Waals surface area contributed by atoms with Gasteiger partial charge in [-0.05, 0) is 73.7 Å². The number of carbonyl (C=O) groups is 2. The third-order valence-corrected chi connectivity index (χ3v) is 7.10. The lowest BCUT2D eigenvalue weighted by Crippen LogP contribution is -2.50. The third kappa shape index (κ3) is 6.63. The van der Waals surface area contributed by atoms with Crippen LogP contribution >= 0.6 is 11.6 Å². The Bertz CT molecular complexity index is 1480. The molecular weight excluding hydrogens is 544 g/mol. The van der Waals surface area contributed by atoms with Crippen LogP contribution in [0, 0.1) is 0 Å². The molecule has 9 nitrogen and oxygen atoms in total. The Balaban J connectivity index is 1.26. The van der Waals surface area contributed by atoms with Crippen molar-refractivity contribution in [2.75, 3.05) is 51.4 Å². The number of halogens is 1. The van der Waals surface area contributed by atoms with Gasteiger partial charge in [0.2, 0.25) is 0 Å². The van der Waals surface area contributed by atoms with Gasteiger partial charge in [-0.25, -0.2) is 9.48 Å². The number of methoxy groups -OCH3 is 1. The molecule has 1 amide bonds. The summed E-state index contributed by atoms with van der Waals surface area (Å²) in [6, 6.07) is 24.3. The summed E-state index contributed by atoms with van der Waals surface area (Å²) in [7, 11) is 1.61. The average molecular weight is 575 g/mol. The number of anilines is 1. The number of rotatable bonds is 9. The second-order valence-electron chi connectivity index (χ2n) is 9.40. The summed E-state index contributed by atoms with van der Waals surface area (Å²) in [6.07, 6.45) is 0. The first-order chi connectivity index (χ1) is 19.9. The molecule has 4 aromatic rings. The van der Waals surface area contributed by atoms with E-state index in [4.69, 9.17) is 25.8 Å². The van der Waals surface area contributed by atoms with Crippen molar-refractivity contribution < 1.29 is 23.8 Å². The van der Waals surface area contributed by atoms with E-state index in [1.54, 1.807) is 49.0 Å². The average Bonchev–Trinajstić information content (AvgIpc) is 3.47. The van der Waals surface area contributed by atoms with Crippen molar-refractivity contribution in [2.45, 2.75) is 6.92 Å². The monoisotopic (exact) mass is 574 g/mol. The highest BCUT2D eigenvalue weighted by molar-refractivity contribution is 6.30. The zero-order valence-corrected chi connectivity index (χ0v) is 23.7. The number of benzene rings is 3. The Morgan fingerprint density at radius 3 is 2.12 bits per heavy atom. The van der Waals surface area contributed by atoms with E-state index in [0.29, 0.717) is 37.0 Å². The zero-order chi connectivity index (χ0) is 28.8. The molecule has 2 heterocycles. The highest BCUT2D eigenvalue weighted by atomic mass is 35.5. The van der Waals surface area contributed by atoms with Gasteiger partial charge in [-0.15, -0.1) is 0 Å². The molecule has 1 aromatic heterocycles. The van der Waals surface area contributed by atoms with Crippen molar-refractivity contribution in [1.82, 2.24) is 14.7 Å². The van der Waals surface area contributed by atoms with Gasteiger partial charge in [0.15, 0.2) is 12.3 Å². The summed E-state index contributed by atoms with van der Waals surface area (Å²) in [5.41, 5.74) is 3.75. The second kappa shape index (κ2) is 12.8. The van der Waals surface area contributed by atoms with Crippen molar-refractivity contribution in [3.63, 3.8) is 0 Å². The van der Waals surface area contributed by atoms with E-state index in [9.17, 15) is 9.59 Å². The number of hydrogen-bond acceptors (Lipinski definition) is 7. The Hall–Kier alpha value is -4.50. The number of ether oxygens (including phenoxy) is 3. The fraction of sp³-hybridized carbons (Fsp3) is 0.258. The smallest absolute Gasteiger partial charge is 0.358 e. The SMILES string of the molecule is CCOC(=O)c1cc(-c2ccc(N3CCN(C(=O)COc4ccc(Cl)cc4)CC3)cc2)n(-c2ccc(OC)cc2)n1. The first kappa shape index (κ1) is 28.0. The molecular formula is C31H31ClN4O5. The maximum atomic E-state index is 12.7. The molecule has 0 saturated carbocycles. The minimum Gasteiger partial charge on any atom is -0.497 e. The fourth-order valence-electron chi connectivity index (χ4n) is 4.64. The number of amides is 1. The van der Waals surface area contributed by atoms with E-state index in [-0.39, 0.29) is 24.8 Å². The van der Waals surface area contributed by atoms with Gasteiger partial charge in [-0.1, -0.05) is 23.7 Å². The lowest BCUT2D eigenvalue weighted by Gasteiger charge is -2.36. The van der Waals surface area contributed by atoms with Crippen LogP contribution in [0.3, 0.4) is 0 Å². The highest BCUT2D eigenvalue weighted by Gasteiger charge is 2.22. The molecule has 1 aliphatic heterocycles. The Morgan fingerprint density at radius 2 is 1.49 bits per heavy atom. The number of carbonyl (C=O) groups excluding carboxylic acids is 2. The van der Waals surface area contributed by atoms with Gasteiger partial charge in [-0.2, -0.15) is 5.10 Å². The Labute approximate surface area is 243 Å². The molecule has 0 bridgehead atoms. The molecule has 0 unspecified atom stereocenters. The van der Waals surface area contributed by atoms with Crippen LogP contribution in [0.25, 0.3) is 16.9 Å². The van der Waals surface area contributed by atoms with Gasteiger partial charge in [0, 0.05) is 42.5 Å². The minimum atomic E-state index is -0.469. The molecule has 1 saturated heterocycles. The van der Waals surface area contributed by atoms with Gasteiger partial charge in [0.1, 0.15) is 11.5 Å². The van der Waals surface area contributed by atoms with Gasteiger partial charge in [-0.3, -0.25) is 4.79 Å². The van der Waals surface area contributed by atoms with Crippen LogP contribution in [-0.4, -0.2) is 73.1 Å². The first-order valence-electron chi connectivity index (χ1n) is 13.4. The summed E-state index contributed by atoms with van der Waals surface area (Å²) in [5.74, 6) is 0.834. The van der Waals surface area contributed by atoms with E-state index in [2.05, 4.69) is 10.00 Å². The lowest BCUT2D eigenvalue weighted by molar-refractivity contribution is -0.133. The topological polar surface area (TPSA) is 86.1 Å². The van der Waals surface area contributed by atoms with Gasteiger partial charge in [0.05, 0.1) is 25.1 Å². The number of hydrogen-bond donors (Lipinski definition) is 0. The molecule has 0 radical (unpaired) electrons. The molecule has 1 aliphatic rings. The van der Waals surface area contributed by atoms with Crippen LogP contribution < -0.4 is 14.4 Å². The molecule has 0 atom stereocenters. The predicted molar refractivity (Wildman–Crippen MR) is 157 cm³/mol. The molecule has 5 rings (SSSR count). The molecule has 0 spiro atoms. The van der Waals surface area contributed by atoms with E-state index in [1.807, 2.05) is 53.4 Å². The maximum Gasteiger partial charge on any atom is 0.358 e. The van der Waals surface area contributed by atoms with Crippen LogP contribution in [-0.2, 0) is 9.53 Å². The largest absolute Gasteiger partial charge is 0.497 e. The standard InChI is InChI=1S/C31H31ClN4O5/c1-3-40-31(38)28-20-29(36(33-28)25-10-14-26(39-2)15-11-25)22-4-8-24(9-5-22)34-16-18-35(19-17-34)30(37)21-41-27-12-6-23(32)7-13-27/h4-15,20H,3,16-19,21H2,1-2H3. The Morgan fingerprint density at radius 1 is 0.854 bits per heavy atom. The summed E-state index contributed by atoms with van der Waals surface area (Å²) < 4.78 is 17.8. The molecule has 1 fully saturated rings. The van der Waals surface area contributed by atoms with E-state index >= 15 is 0 Å². The number of piperazine rings is 1. The van der Waals surface area contributed by atoms with Crippen LogP contribution in [0.5, 0.6) is 11.5 Å². The highest BCUT2D eigenvalue weighted by Crippen LogP contribution is 2.28. The van der Waals surface area contributed by atoms with Crippen molar-refractivity contribution in [2.24, 2.45) is 0 Å². The van der Waals surface area contributed by atoms with Crippen molar-refractivity contribution >= 4 is 29.2 Å². The predicted octanol–water partition coefficient (Wildman–Crippen LogP) is 5.11. The zero-order valence-electron chi connectivity index (χ0n) is 23.0. The van der Waals surface area contributed by atoms with Gasteiger partial charge in [0.25, 0.3) is 5.91 Å². The summed E-state index contributed by atoms with van der Waals surface area (Å²) in [6.45, 7) is 4.67.